The number of nitrogens with two attached hydrogens (primary N) is 1. The number of aryl methyl sites for hydroxylation is 1. The number of nitrogens with zero attached hydrogens (tertiary/aromatic N) is 3. The number of ether oxygens (including phenoxy) is 1. The van der Waals surface area contributed by atoms with Crippen LogP contribution in [0.15, 0.2) is 17.2 Å². The minimum atomic E-state index is 0.542. The number of rotatable bonds is 1. The third kappa shape index (κ3) is 1.49. The second kappa shape index (κ2) is 3.05. The molecule has 0 atom stereocenters. The van der Waals surface area contributed by atoms with Gasteiger partial charge >= 0.3 is 0 Å². The molecule has 5 nitrogen and oxygen atoms in total. The van der Waals surface area contributed by atoms with Crippen LogP contribution in [0.25, 0.3) is 0 Å². The van der Waals surface area contributed by atoms with Gasteiger partial charge in [0, 0.05) is 13.1 Å². The van der Waals surface area contributed by atoms with Gasteiger partial charge in [0.2, 0.25) is 5.88 Å². The summed E-state index contributed by atoms with van der Waals surface area (Å²) in [6.45, 7) is 0. The lowest BCUT2D eigenvalue weighted by atomic mass is 10.5. The van der Waals surface area contributed by atoms with Gasteiger partial charge in [-0.15, -0.1) is 5.10 Å². The van der Waals surface area contributed by atoms with Crippen molar-refractivity contribution in [2.75, 3.05) is 7.11 Å². The molecular formula is C6H10N4O. The Kier molecular flexibility index (Phi) is 2.10. The van der Waals surface area contributed by atoms with Crippen LogP contribution in [0.4, 0.5) is 0 Å². The predicted octanol–water partition coefficient (Wildman–Crippen LogP) is -0.797. The fraction of sp³-hybridized carbons (Fsp3) is 0.333. The van der Waals surface area contributed by atoms with Gasteiger partial charge in [0.25, 0.3) is 0 Å². The molecule has 0 aliphatic rings. The molecule has 0 bridgehead atoms. The Balaban J connectivity index is 3.21. The maximum absolute atomic E-state index is 5.07. The molecule has 1 rings (SSSR count). The molecule has 0 radical (unpaired) electrons. The van der Waals surface area contributed by atoms with Crippen LogP contribution in [0, 0.1) is 0 Å². The van der Waals surface area contributed by atoms with E-state index in [0.29, 0.717) is 11.4 Å². The second-order valence-corrected chi connectivity index (χ2v) is 1.99. The standard InChI is InChI=1S/C6H10N4O/c1-10-5(8-7)3-4-6(9-10)11-2/h3-4H,7H2,1-2H3/b8-5+. The quantitative estimate of drug-likeness (QED) is 0.425. The zero-order valence-corrected chi connectivity index (χ0v) is 6.48. The van der Waals surface area contributed by atoms with Crippen LogP contribution in [-0.2, 0) is 7.05 Å². The average Bonchev–Trinajstić information content (AvgIpc) is 2.04. The predicted molar refractivity (Wildman–Crippen MR) is 39.5 cm³/mol. The van der Waals surface area contributed by atoms with Gasteiger partial charge in [0.05, 0.1) is 7.11 Å². The molecule has 0 saturated heterocycles. The Morgan fingerprint density at radius 2 is 2.36 bits per heavy atom. The van der Waals surface area contributed by atoms with Gasteiger partial charge in [-0.05, 0) is 6.07 Å². The van der Waals surface area contributed by atoms with Crippen molar-refractivity contribution in [1.29, 1.82) is 0 Å². The fourth-order valence-electron chi connectivity index (χ4n) is 0.722. The minimum absolute atomic E-state index is 0.542. The maximum atomic E-state index is 5.07. The first kappa shape index (κ1) is 7.59. The van der Waals surface area contributed by atoms with E-state index in [4.69, 9.17) is 10.6 Å². The van der Waals surface area contributed by atoms with E-state index in [1.54, 1.807) is 31.0 Å². The average molecular weight is 154 g/mol. The third-order valence-electron chi connectivity index (χ3n) is 1.30. The van der Waals surface area contributed by atoms with Crippen molar-refractivity contribution in [2.24, 2.45) is 18.0 Å². The van der Waals surface area contributed by atoms with Gasteiger partial charge in [-0.25, -0.2) is 4.68 Å². The highest BCUT2D eigenvalue weighted by atomic mass is 16.5. The molecule has 5 heteroatoms. The van der Waals surface area contributed by atoms with E-state index in [2.05, 4.69) is 10.2 Å². The highest BCUT2D eigenvalue weighted by Gasteiger charge is 1.92. The molecule has 11 heavy (non-hydrogen) atoms. The highest BCUT2D eigenvalue weighted by molar-refractivity contribution is 5.05. The highest BCUT2D eigenvalue weighted by Crippen LogP contribution is 1.97. The summed E-state index contributed by atoms with van der Waals surface area (Å²) >= 11 is 0. The fourth-order valence-corrected chi connectivity index (χ4v) is 0.722. The number of aromatic nitrogens is 2. The van der Waals surface area contributed by atoms with Gasteiger partial charge in [-0.3, -0.25) is 0 Å². The number of hydrogen-bond donors (Lipinski definition) is 1. The summed E-state index contributed by atoms with van der Waals surface area (Å²) in [6, 6.07) is 3.43. The lowest BCUT2D eigenvalue weighted by Crippen LogP contribution is -2.21. The van der Waals surface area contributed by atoms with Crippen molar-refractivity contribution < 1.29 is 4.74 Å². The summed E-state index contributed by atoms with van der Waals surface area (Å²) in [7, 11) is 3.30. The first-order valence-electron chi connectivity index (χ1n) is 3.10. The molecular weight excluding hydrogens is 144 g/mol. The summed E-state index contributed by atoms with van der Waals surface area (Å²) in [5.74, 6) is 5.61. The molecule has 0 amide bonds. The Labute approximate surface area is 64.1 Å². The van der Waals surface area contributed by atoms with Crippen LogP contribution < -0.4 is 16.1 Å². The van der Waals surface area contributed by atoms with Crippen molar-refractivity contribution in [3.05, 3.63) is 17.6 Å². The molecule has 0 aliphatic carbocycles. The monoisotopic (exact) mass is 154 g/mol. The molecule has 1 heterocycles. The first-order valence-corrected chi connectivity index (χ1v) is 3.10. The molecule has 0 fully saturated rings. The van der Waals surface area contributed by atoms with E-state index in [0.717, 1.165) is 0 Å². The second-order valence-electron chi connectivity index (χ2n) is 1.99. The molecule has 0 aromatic carbocycles. The van der Waals surface area contributed by atoms with Crippen molar-refractivity contribution in [1.82, 2.24) is 9.78 Å². The zero-order valence-electron chi connectivity index (χ0n) is 6.48. The Hall–Kier alpha value is -1.52. The van der Waals surface area contributed by atoms with Gasteiger partial charge in [-0.2, -0.15) is 5.10 Å². The SMILES string of the molecule is COc1cc/c(=N\N)n(C)n1. The Morgan fingerprint density at radius 1 is 1.64 bits per heavy atom. The molecule has 1 aromatic rings. The van der Waals surface area contributed by atoms with E-state index in [-0.39, 0.29) is 0 Å². The lowest BCUT2D eigenvalue weighted by Gasteiger charge is -2.00. The van der Waals surface area contributed by atoms with Gasteiger partial charge in [0.15, 0.2) is 5.49 Å². The molecule has 1 aromatic heterocycles. The van der Waals surface area contributed by atoms with Gasteiger partial charge < -0.3 is 10.6 Å². The first-order chi connectivity index (χ1) is 5.27. The number of hydrogen-bond acceptors (Lipinski definition) is 4. The van der Waals surface area contributed by atoms with Crippen LogP contribution in [-0.4, -0.2) is 16.9 Å². The largest absolute Gasteiger partial charge is 0.480 e. The van der Waals surface area contributed by atoms with E-state index in [1.807, 2.05) is 0 Å². The Morgan fingerprint density at radius 3 is 2.82 bits per heavy atom. The molecule has 60 valence electrons. The Bertz CT molecular complexity index is 304. The molecule has 0 spiro atoms. The van der Waals surface area contributed by atoms with Crippen LogP contribution in [0.5, 0.6) is 5.88 Å². The van der Waals surface area contributed by atoms with Crippen LogP contribution in [0.3, 0.4) is 0 Å². The van der Waals surface area contributed by atoms with E-state index >= 15 is 0 Å². The van der Waals surface area contributed by atoms with Crippen molar-refractivity contribution >= 4 is 0 Å². The van der Waals surface area contributed by atoms with E-state index in [1.165, 1.54) is 0 Å². The lowest BCUT2D eigenvalue weighted by molar-refractivity contribution is 0.381. The van der Waals surface area contributed by atoms with Crippen molar-refractivity contribution in [2.45, 2.75) is 0 Å². The zero-order chi connectivity index (χ0) is 8.27. The van der Waals surface area contributed by atoms with Gasteiger partial charge in [-0.1, -0.05) is 0 Å². The minimum Gasteiger partial charge on any atom is -0.480 e. The molecule has 0 unspecified atom stereocenters. The van der Waals surface area contributed by atoms with Gasteiger partial charge in [0.1, 0.15) is 0 Å². The van der Waals surface area contributed by atoms with Crippen LogP contribution in [0.2, 0.25) is 0 Å². The molecule has 0 saturated carbocycles. The van der Waals surface area contributed by atoms with Crippen molar-refractivity contribution in [3.8, 4) is 5.88 Å². The summed E-state index contributed by atoms with van der Waals surface area (Å²) < 4.78 is 6.42. The van der Waals surface area contributed by atoms with Crippen molar-refractivity contribution in [3.63, 3.8) is 0 Å². The van der Waals surface area contributed by atoms with E-state index < -0.39 is 0 Å². The summed E-state index contributed by atoms with van der Waals surface area (Å²) in [6.07, 6.45) is 0. The van der Waals surface area contributed by atoms with Crippen LogP contribution >= 0.6 is 0 Å². The molecule has 2 N–H and O–H groups in total. The number of methoxy groups -OCH3 is 1. The molecule has 0 aliphatic heterocycles. The summed E-state index contributed by atoms with van der Waals surface area (Å²) in [5.41, 5.74) is 0.603. The summed E-state index contributed by atoms with van der Waals surface area (Å²) in [5, 5.41) is 7.47. The van der Waals surface area contributed by atoms with Crippen LogP contribution in [0.1, 0.15) is 0 Å². The third-order valence-corrected chi connectivity index (χ3v) is 1.30. The smallest absolute Gasteiger partial charge is 0.231 e. The topological polar surface area (TPSA) is 65.4 Å². The maximum Gasteiger partial charge on any atom is 0.231 e. The summed E-state index contributed by atoms with van der Waals surface area (Å²) in [4.78, 5) is 0. The normalized spacial score (nSPS) is 11.6. The van der Waals surface area contributed by atoms with E-state index in [9.17, 15) is 0 Å².